The summed E-state index contributed by atoms with van der Waals surface area (Å²) in [6.45, 7) is 3.75. The van der Waals surface area contributed by atoms with Crippen LogP contribution in [-0.2, 0) is 29.3 Å². The Morgan fingerprint density at radius 1 is 1.07 bits per heavy atom. The number of hydrogen-bond donors (Lipinski definition) is 0. The maximum Gasteiger partial charge on any atom is 0.227 e. The smallest absolute Gasteiger partial charge is 0.227 e. The number of aryl methyl sites for hydroxylation is 1. The fourth-order valence-electron chi connectivity index (χ4n) is 5.19. The molecule has 0 unspecified atom stereocenters. The van der Waals surface area contributed by atoms with Gasteiger partial charge in [0.15, 0.2) is 0 Å². The van der Waals surface area contributed by atoms with Gasteiger partial charge >= 0.3 is 0 Å². The fraction of sp³-hybridized carbons (Fsp3) is 0.609. The van der Waals surface area contributed by atoms with E-state index in [0.29, 0.717) is 6.54 Å². The summed E-state index contributed by atoms with van der Waals surface area (Å²) in [5.41, 5.74) is 2.32. The van der Waals surface area contributed by atoms with Crippen molar-refractivity contribution in [2.75, 3.05) is 19.3 Å². The third-order valence-corrected chi connectivity index (χ3v) is 7.67. The average Bonchev–Trinajstić information content (AvgIpc) is 3.12. The number of aromatic nitrogens is 2. The van der Waals surface area contributed by atoms with Gasteiger partial charge in [0.05, 0.1) is 11.9 Å². The van der Waals surface area contributed by atoms with Crippen molar-refractivity contribution in [3.05, 3.63) is 47.8 Å². The van der Waals surface area contributed by atoms with E-state index >= 15 is 0 Å². The van der Waals surface area contributed by atoms with Crippen LogP contribution in [0, 0.1) is 11.8 Å². The van der Waals surface area contributed by atoms with Gasteiger partial charge < -0.3 is 4.57 Å². The Hall–Kier alpha value is -1.66. The number of imidazole rings is 1. The van der Waals surface area contributed by atoms with E-state index in [1.54, 1.807) is 6.20 Å². The summed E-state index contributed by atoms with van der Waals surface area (Å²) in [6.07, 6.45) is 11.7. The second kappa shape index (κ2) is 9.00. The molecule has 2 aliphatic rings. The number of hydrogen-bond acceptors (Lipinski definition) is 4. The zero-order valence-corrected chi connectivity index (χ0v) is 18.3. The van der Waals surface area contributed by atoms with E-state index in [4.69, 9.17) is 0 Å². The minimum Gasteiger partial charge on any atom is -0.318 e. The molecule has 1 aromatic carbocycles. The molecule has 1 saturated carbocycles. The van der Waals surface area contributed by atoms with E-state index in [0.717, 1.165) is 50.0 Å². The maximum absolute atomic E-state index is 12.3. The van der Waals surface area contributed by atoms with Crippen molar-refractivity contribution in [1.29, 1.82) is 0 Å². The van der Waals surface area contributed by atoms with Gasteiger partial charge in [0, 0.05) is 25.9 Å². The highest BCUT2D eigenvalue weighted by Gasteiger charge is 2.31. The molecule has 5 nitrogen and oxygen atoms in total. The van der Waals surface area contributed by atoms with Crippen molar-refractivity contribution >= 4 is 9.84 Å². The van der Waals surface area contributed by atoms with Crippen molar-refractivity contribution in [1.82, 2.24) is 14.5 Å². The summed E-state index contributed by atoms with van der Waals surface area (Å²) in [5, 5.41) is 0.216. The van der Waals surface area contributed by atoms with E-state index < -0.39 is 9.84 Å². The van der Waals surface area contributed by atoms with Gasteiger partial charge in [-0.1, -0.05) is 49.6 Å². The Bertz CT molecular complexity index is 907. The second-order valence-corrected chi connectivity index (χ2v) is 10.8. The first-order chi connectivity index (χ1) is 14.0. The average molecular weight is 416 g/mol. The molecule has 1 aromatic heterocycles. The Labute approximate surface area is 175 Å². The lowest BCUT2D eigenvalue weighted by Gasteiger charge is -2.41. The summed E-state index contributed by atoms with van der Waals surface area (Å²) < 4.78 is 26.5. The first kappa shape index (κ1) is 20.6. The summed E-state index contributed by atoms with van der Waals surface area (Å²) in [7, 11) is -3.33. The predicted octanol–water partition coefficient (Wildman–Crippen LogP) is 3.93. The molecule has 6 heteroatoms. The summed E-state index contributed by atoms with van der Waals surface area (Å²) in [5.74, 6) is 1.73. The number of fused-ring (bicyclic) bond motifs is 1. The third kappa shape index (κ3) is 5.10. The molecule has 2 aromatic rings. The Kier molecular flexibility index (Phi) is 6.40. The van der Waals surface area contributed by atoms with Crippen LogP contribution in [0.4, 0.5) is 0 Å². The molecule has 1 aliphatic carbocycles. The molecule has 1 saturated heterocycles. The molecule has 158 valence electrons. The third-order valence-electron chi connectivity index (χ3n) is 6.68. The lowest BCUT2D eigenvalue weighted by atomic mass is 9.75. The predicted molar refractivity (Wildman–Crippen MR) is 115 cm³/mol. The maximum atomic E-state index is 12.3. The summed E-state index contributed by atoms with van der Waals surface area (Å²) in [4.78, 5) is 6.83. The van der Waals surface area contributed by atoms with Crippen LogP contribution < -0.4 is 0 Å². The summed E-state index contributed by atoms with van der Waals surface area (Å²) >= 11 is 0. The van der Waals surface area contributed by atoms with Gasteiger partial charge in [-0.05, 0) is 49.6 Å². The van der Waals surface area contributed by atoms with Crippen molar-refractivity contribution in [3.8, 4) is 0 Å². The molecule has 0 bridgehead atoms. The van der Waals surface area contributed by atoms with Gasteiger partial charge in [0.25, 0.3) is 0 Å². The minimum atomic E-state index is -3.33. The van der Waals surface area contributed by atoms with Gasteiger partial charge in [-0.15, -0.1) is 0 Å². The quantitative estimate of drug-likeness (QED) is 0.687. The van der Waals surface area contributed by atoms with Crippen molar-refractivity contribution in [2.24, 2.45) is 11.8 Å². The Morgan fingerprint density at radius 3 is 2.59 bits per heavy atom. The first-order valence-corrected chi connectivity index (χ1v) is 12.9. The van der Waals surface area contributed by atoms with Crippen molar-refractivity contribution < 1.29 is 8.42 Å². The molecule has 29 heavy (non-hydrogen) atoms. The molecule has 0 radical (unpaired) electrons. The number of piperidine rings is 1. The lowest BCUT2D eigenvalue weighted by Crippen LogP contribution is -2.41. The lowest BCUT2D eigenvalue weighted by molar-refractivity contribution is 0.0803. The van der Waals surface area contributed by atoms with Crippen LogP contribution in [0.25, 0.3) is 0 Å². The molecule has 2 fully saturated rings. The number of nitrogens with zero attached hydrogens (tertiary/aromatic N) is 3. The Balaban J connectivity index is 1.45. The van der Waals surface area contributed by atoms with E-state index in [9.17, 15) is 8.42 Å². The van der Waals surface area contributed by atoms with Crippen LogP contribution in [-0.4, -0.2) is 42.2 Å². The number of sulfone groups is 1. The zero-order valence-electron chi connectivity index (χ0n) is 17.5. The highest BCUT2D eigenvalue weighted by atomic mass is 32.2. The van der Waals surface area contributed by atoms with Gasteiger partial charge in [0.2, 0.25) is 15.0 Å². The minimum absolute atomic E-state index is 0.216. The van der Waals surface area contributed by atoms with Crippen LogP contribution in [0.1, 0.15) is 49.8 Å². The molecular formula is C23H33N3O2S. The van der Waals surface area contributed by atoms with Gasteiger partial charge in [0.1, 0.15) is 0 Å². The summed E-state index contributed by atoms with van der Waals surface area (Å²) in [6, 6.07) is 10.4. The molecular weight excluding hydrogens is 382 g/mol. The van der Waals surface area contributed by atoms with Crippen LogP contribution in [0.2, 0.25) is 0 Å². The number of rotatable bonds is 7. The van der Waals surface area contributed by atoms with Crippen molar-refractivity contribution in [2.45, 2.75) is 63.2 Å². The largest absolute Gasteiger partial charge is 0.318 e. The van der Waals surface area contributed by atoms with E-state index in [1.165, 1.54) is 43.9 Å². The second-order valence-electron chi connectivity index (χ2n) is 8.87. The van der Waals surface area contributed by atoms with Crippen LogP contribution >= 0.6 is 0 Å². The molecule has 0 spiro atoms. The van der Waals surface area contributed by atoms with Crippen LogP contribution in [0.5, 0.6) is 0 Å². The normalized spacial score (nSPS) is 23.1. The zero-order chi connectivity index (χ0) is 20.3. The van der Waals surface area contributed by atoms with E-state index in [-0.39, 0.29) is 5.16 Å². The monoisotopic (exact) mass is 415 g/mol. The van der Waals surface area contributed by atoms with Crippen molar-refractivity contribution in [3.63, 3.8) is 0 Å². The number of likely N-dealkylation sites (tertiary alicyclic amines) is 1. The fourth-order valence-corrected chi connectivity index (χ4v) is 6.04. The van der Waals surface area contributed by atoms with Gasteiger partial charge in [-0.25, -0.2) is 13.4 Å². The number of benzene rings is 1. The van der Waals surface area contributed by atoms with E-state index in [2.05, 4.69) is 34.1 Å². The van der Waals surface area contributed by atoms with Gasteiger partial charge in [-0.3, -0.25) is 4.90 Å². The van der Waals surface area contributed by atoms with Gasteiger partial charge in [-0.2, -0.15) is 0 Å². The molecule has 1 aliphatic heterocycles. The molecule has 0 amide bonds. The molecule has 4 rings (SSSR count). The van der Waals surface area contributed by atoms with Crippen LogP contribution in [0.15, 0.2) is 41.7 Å². The van der Waals surface area contributed by atoms with E-state index in [1.807, 2.05) is 10.6 Å². The molecule has 0 N–H and O–H groups in total. The first-order valence-electron chi connectivity index (χ1n) is 11.0. The molecule has 2 heterocycles. The highest BCUT2D eigenvalue weighted by Crippen LogP contribution is 2.36. The Morgan fingerprint density at radius 2 is 1.83 bits per heavy atom. The van der Waals surface area contributed by atoms with Crippen LogP contribution in [0.3, 0.4) is 0 Å². The SMILES string of the molecule is CS(=O)(=O)c1ncc(CN2CC[C@@H]3CCCC[C@H]3C2)n1CCCc1ccccc1. The topological polar surface area (TPSA) is 55.2 Å². The highest BCUT2D eigenvalue weighted by molar-refractivity contribution is 7.90. The molecule has 2 atom stereocenters. The standard InChI is InChI=1S/C23H33N3O2S/c1-29(27,28)23-24-16-22(26(23)14-7-10-19-8-3-2-4-9-19)18-25-15-13-20-11-5-6-12-21(20)17-25/h2-4,8-9,16,20-21H,5-7,10-15,17-18H2,1H3/t20-,21-/m0/s1.